The van der Waals surface area contributed by atoms with Crippen LogP contribution in [0.2, 0.25) is 0 Å². The maximum Gasteiger partial charge on any atom is 0.223 e. The van der Waals surface area contributed by atoms with E-state index in [1.54, 1.807) is 0 Å². The zero-order valence-electron chi connectivity index (χ0n) is 85.6. The van der Waals surface area contributed by atoms with Crippen LogP contribution in [0.5, 0.6) is 0 Å². The average Bonchev–Trinajstić information content (AvgIpc) is 0.923. The Kier molecular flexibility index (Phi) is 109. The van der Waals surface area contributed by atoms with Crippen molar-refractivity contribution in [1.29, 1.82) is 0 Å². The van der Waals surface area contributed by atoms with Crippen molar-refractivity contribution in [3.05, 3.63) is 0 Å². The highest BCUT2D eigenvalue weighted by atomic mass is 16.6. The van der Waals surface area contributed by atoms with E-state index in [9.17, 15) is 38.4 Å². The third-order valence-electron chi connectivity index (χ3n) is 23.5. The van der Waals surface area contributed by atoms with Gasteiger partial charge >= 0.3 is 0 Å². The minimum atomic E-state index is -0.350. The van der Waals surface area contributed by atoms with E-state index >= 15 is 0 Å². The molecule has 6 N–H and O–H groups in total. The molecule has 0 spiro atoms. The van der Waals surface area contributed by atoms with Crippen LogP contribution >= 0.6 is 0 Å². The van der Waals surface area contributed by atoms with Crippen molar-refractivity contribution >= 4 is 47.0 Å². The number of carbonyl (C=O) groups excluding carboxylic acids is 8. The summed E-state index contributed by atoms with van der Waals surface area (Å²) in [5, 5.41) is 18.0. The summed E-state index contributed by atoms with van der Waals surface area (Å²) < 4.78 is 60.4. The Morgan fingerprint density at radius 2 is 0.366 bits per heavy atom. The summed E-state index contributed by atoms with van der Waals surface area (Å²) in [6.45, 7) is 27.2. The highest BCUT2D eigenvalue weighted by Crippen LogP contribution is 2.22. The van der Waals surface area contributed by atoms with Gasteiger partial charge in [0.2, 0.25) is 35.4 Å². The summed E-state index contributed by atoms with van der Waals surface area (Å²) in [7, 11) is 0. The van der Waals surface area contributed by atoms with Crippen molar-refractivity contribution in [2.45, 2.75) is 440 Å². The van der Waals surface area contributed by atoms with Crippen LogP contribution in [0, 0.1) is 11.8 Å². The molecule has 131 heavy (non-hydrogen) atoms. The predicted octanol–water partition coefficient (Wildman–Crippen LogP) is 21.5. The molecule has 0 rings (SSSR count). The Morgan fingerprint density at radius 3 is 0.626 bits per heavy atom. The molecule has 25 heteroatoms. The van der Waals surface area contributed by atoms with Crippen molar-refractivity contribution in [2.75, 3.05) is 185 Å². The Morgan fingerprint density at radius 1 is 0.176 bits per heavy atom. The van der Waals surface area contributed by atoms with Crippen LogP contribution in [0.3, 0.4) is 0 Å². The first kappa shape index (κ1) is 129. The van der Waals surface area contributed by atoms with E-state index < -0.39 is 0 Å². The van der Waals surface area contributed by atoms with Gasteiger partial charge in [0.1, 0.15) is 11.6 Å². The molecule has 0 heterocycles. The molecule has 0 aromatic heterocycles. The van der Waals surface area contributed by atoms with E-state index in [0.717, 1.165) is 83.5 Å². The average molecular weight is 1870 g/mol. The molecule has 0 saturated carbocycles. The Balaban J connectivity index is 0. The van der Waals surface area contributed by atoms with E-state index in [1.165, 1.54) is 231 Å². The molecular weight excluding hydrogens is 1660 g/mol. The van der Waals surface area contributed by atoms with Crippen LogP contribution in [0.25, 0.3) is 0 Å². The number of carbonyl (C=O) groups is 8. The van der Waals surface area contributed by atoms with Crippen molar-refractivity contribution < 1.29 is 90.5 Å². The second kappa shape index (κ2) is 111. The third kappa shape index (κ3) is 106. The molecule has 0 aliphatic rings. The minimum absolute atomic E-state index is 0.00519. The van der Waals surface area contributed by atoms with Crippen molar-refractivity contribution in [3.8, 4) is 0 Å². The second-order valence-corrected chi connectivity index (χ2v) is 35.8. The topological polar surface area (TPSA) is 310 Å². The summed E-state index contributed by atoms with van der Waals surface area (Å²) >= 11 is 0. The lowest BCUT2D eigenvalue weighted by Crippen LogP contribution is -2.33. The number of nitrogens with one attached hydrogen (secondary N) is 6. The molecule has 0 radical (unpaired) electrons. The maximum absolute atomic E-state index is 13.3. The molecule has 0 aliphatic carbocycles. The predicted molar refractivity (Wildman–Crippen MR) is 534 cm³/mol. The number of hydrogen-bond acceptors (Lipinski definition) is 19. The number of amides is 6. The Hall–Kier alpha value is -4.28. The van der Waals surface area contributed by atoms with E-state index in [2.05, 4.69) is 59.6 Å². The van der Waals surface area contributed by atoms with Crippen molar-refractivity contribution in [1.82, 2.24) is 31.9 Å². The fourth-order valence-corrected chi connectivity index (χ4v) is 15.3. The van der Waals surface area contributed by atoms with Crippen LogP contribution < -0.4 is 31.9 Å². The molecular formula is C106H206N6O19. The summed E-state index contributed by atoms with van der Waals surface area (Å²) in [6.07, 6.45) is 66.1. The van der Waals surface area contributed by atoms with Gasteiger partial charge in [-0.05, 0) is 90.9 Å². The lowest BCUT2D eigenvalue weighted by molar-refractivity contribution is -0.129. The molecule has 0 aromatic carbocycles. The zero-order chi connectivity index (χ0) is 95.4. The first-order valence-corrected chi connectivity index (χ1v) is 54.4. The van der Waals surface area contributed by atoms with Crippen LogP contribution in [0.15, 0.2) is 0 Å². The Labute approximate surface area is 801 Å². The molecule has 0 aromatic rings. The summed E-state index contributed by atoms with van der Waals surface area (Å²) in [5.41, 5.74) is 0. The number of Topliss-reactive ketones (excluding diaryl/α,β-unsaturated/α-hetero) is 2. The maximum atomic E-state index is 13.3. The molecule has 0 unspecified atom stereocenters. The van der Waals surface area contributed by atoms with Crippen LogP contribution in [-0.4, -0.2) is 232 Å². The van der Waals surface area contributed by atoms with E-state index in [0.29, 0.717) is 255 Å². The SMILES string of the molecule is CCCCCCCCCCCCCC(=O)C[C@H](CCCCNC(=O)CCCCCCCCCCCCC)C(=O)NCCCOCCOCCOCCCNC(=O)CCOCC.CCCCCCCCCCCCCC(=O)C[C@H](CCCCNC(=O)CCCCCCCCCCCCC)C(=O)NCCCOCCOCCOCCCNC(=O)CCOCCOCCOCCOCC. The molecule has 6 amide bonds. The fraction of sp³-hybridized carbons (Fsp3) is 0.925. The number of unbranched alkanes of at least 4 members (excludes halogenated alkanes) is 42. The summed E-state index contributed by atoms with van der Waals surface area (Å²) in [4.78, 5) is 101. The van der Waals surface area contributed by atoms with E-state index in [1.807, 2.05) is 13.8 Å². The smallest absolute Gasteiger partial charge is 0.223 e. The van der Waals surface area contributed by atoms with Crippen LogP contribution in [0.4, 0.5) is 0 Å². The van der Waals surface area contributed by atoms with Gasteiger partial charge in [0.05, 0.1) is 106 Å². The largest absolute Gasteiger partial charge is 0.381 e. The molecule has 0 aliphatic heterocycles. The van der Waals surface area contributed by atoms with E-state index in [4.69, 9.17) is 52.1 Å². The highest BCUT2D eigenvalue weighted by Gasteiger charge is 2.23. The quantitative estimate of drug-likeness (QED) is 0.0308. The summed E-state index contributed by atoms with van der Waals surface area (Å²) in [6, 6.07) is 0. The monoisotopic (exact) mass is 1870 g/mol. The van der Waals surface area contributed by atoms with Gasteiger partial charge in [-0.15, -0.1) is 0 Å². The number of ether oxygens (including phenoxy) is 11. The third-order valence-corrected chi connectivity index (χ3v) is 23.5. The minimum Gasteiger partial charge on any atom is -0.381 e. The van der Waals surface area contributed by atoms with Gasteiger partial charge < -0.3 is 84.0 Å². The van der Waals surface area contributed by atoms with Gasteiger partial charge in [0, 0.05) is 142 Å². The fourth-order valence-electron chi connectivity index (χ4n) is 15.3. The molecule has 25 nitrogen and oxygen atoms in total. The van der Waals surface area contributed by atoms with Crippen LogP contribution in [-0.2, 0) is 90.5 Å². The first-order chi connectivity index (χ1) is 64.4. The van der Waals surface area contributed by atoms with Gasteiger partial charge in [0.15, 0.2) is 0 Å². The lowest BCUT2D eigenvalue weighted by atomic mass is 9.93. The van der Waals surface area contributed by atoms with Gasteiger partial charge in [-0.2, -0.15) is 0 Å². The van der Waals surface area contributed by atoms with E-state index in [-0.39, 0.29) is 71.7 Å². The molecule has 0 fully saturated rings. The highest BCUT2D eigenvalue weighted by molar-refractivity contribution is 5.87. The second-order valence-electron chi connectivity index (χ2n) is 35.8. The standard InChI is InChI=1S/C56H109N3O11.C50H97N3O8/c1-4-7-9-11-13-15-17-19-21-23-25-32-53(60)51-52(31-27-28-35-57-54(61)33-26-24-22-20-18-16-14-12-10-8-5-2)56(63)59-37-30-39-66-44-47-69-46-43-65-38-29-36-58-55(62)34-40-67-45-48-70-50-49-68-42-41-64-6-3;1-4-7-9-11-13-15-17-19-21-23-25-32-47(54)45-46(31-27-28-35-51-48(55)33-26-24-22-20-18-16-14-12-10-8-5-2)50(57)53-37-30-39-60-42-44-61-43-41-59-38-29-36-52-49(56)34-40-58-6-3/h52H,4-51H2,1-3H3,(H,57,61)(H,58,62)(H,59,63);46H,4-45H2,1-3H3,(H,51,55)(H,52,56)(H,53,57)/t52-;46-/m00/s1. The van der Waals surface area contributed by atoms with Gasteiger partial charge in [0.25, 0.3) is 0 Å². The van der Waals surface area contributed by atoms with Gasteiger partial charge in [-0.25, -0.2) is 0 Å². The Bertz CT molecular complexity index is 2440. The summed E-state index contributed by atoms with van der Waals surface area (Å²) in [5.74, 6) is -0.266. The molecule has 0 bridgehead atoms. The molecule has 2 atom stereocenters. The molecule has 0 saturated heterocycles. The normalized spacial score (nSPS) is 11.8. The zero-order valence-corrected chi connectivity index (χ0v) is 85.6. The number of hydrogen-bond donors (Lipinski definition) is 6. The van der Waals surface area contributed by atoms with Crippen molar-refractivity contribution in [3.63, 3.8) is 0 Å². The van der Waals surface area contributed by atoms with Crippen LogP contribution in [0.1, 0.15) is 440 Å². The molecule has 774 valence electrons. The van der Waals surface area contributed by atoms with Crippen molar-refractivity contribution in [2.24, 2.45) is 11.8 Å². The first-order valence-electron chi connectivity index (χ1n) is 54.4. The lowest BCUT2D eigenvalue weighted by Gasteiger charge is -2.17. The number of rotatable bonds is 109. The number of ketones is 2. The van der Waals surface area contributed by atoms with Gasteiger partial charge in [-0.3, -0.25) is 38.4 Å². The van der Waals surface area contributed by atoms with Gasteiger partial charge in [-0.1, -0.05) is 297 Å².